The van der Waals surface area contributed by atoms with Crippen LogP contribution in [0.3, 0.4) is 0 Å². The Morgan fingerprint density at radius 2 is 2.00 bits per heavy atom. The molecule has 0 aliphatic carbocycles. The first-order valence-corrected chi connectivity index (χ1v) is 6.80. The molecule has 1 aliphatic rings. The lowest BCUT2D eigenvalue weighted by Crippen LogP contribution is -2.11. The molecule has 0 fully saturated rings. The molecule has 0 amide bonds. The van der Waals surface area contributed by atoms with E-state index in [0.717, 1.165) is 12.3 Å². The number of fused-ring (bicyclic) bond motifs is 1. The molecule has 0 saturated heterocycles. The molecule has 2 nitrogen and oxygen atoms in total. The third-order valence-corrected chi connectivity index (χ3v) is 3.79. The van der Waals surface area contributed by atoms with Gasteiger partial charge < -0.3 is 10.1 Å². The van der Waals surface area contributed by atoms with Crippen molar-refractivity contribution in [2.24, 2.45) is 0 Å². The van der Waals surface area contributed by atoms with Gasteiger partial charge in [0.25, 0.3) is 0 Å². The summed E-state index contributed by atoms with van der Waals surface area (Å²) < 4.78 is 5.27. The number of benzene rings is 2. The zero-order chi connectivity index (χ0) is 13.2. The fourth-order valence-electron chi connectivity index (χ4n) is 2.73. The van der Waals surface area contributed by atoms with Gasteiger partial charge in [-0.2, -0.15) is 0 Å². The van der Waals surface area contributed by atoms with Crippen LogP contribution in [-0.4, -0.2) is 13.7 Å². The average molecular weight is 253 g/mol. The molecule has 2 heteroatoms. The number of hydrogen-bond donors (Lipinski definition) is 1. The quantitative estimate of drug-likeness (QED) is 0.872. The van der Waals surface area contributed by atoms with E-state index in [1.54, 1.807) is 7.11 Å². The third kappa shape index (κ3) is 2.30. The number of nitrogens with one attached hydrogen (secondary N) is 1. The summed E-state index contributed by atoms with van der Waals surface area (Å²) in [6.45, 7) is 3.23. The molecule has 1 heterocycles. The second-order valence-corrected chi connectivity index (χ2v) is 5.08. The smallest absolute Gasteiger partial charge is 0.119 e. The van der Waals surface area contributed by atoms with Crippen molar-refractivity contribution in [3.8, 4) is 16.9 Å². The first kappa shape index (κ1) is 12.1. The van der Waals surface area contributed by atoms with Crippen molar-refractivity contribution in [3.05, 3.63) is 47.5 Å². The predicted octanol–water partition coefficient (Wildman–Crippen LogP) is 4.03. The van der Waals surface area contributed by atoms with Crippen LogP contribution in [0.4, 0.5) is 5.69 Å². The summed E-state index contributed by atoms with van der Waals surface area (Å²) in [5, 5.41) is 3.45. The number of ether oxygens (including phenoxy) is 1. The number of rotatable bonds is 2. The van der Waals surface area contributed by atoms with Crippen LogP contribution < -0.4 is 10.1 Å². The molecule has 0 unspecified atom stereocenters. The molecule has 2 aromatic rings. The zero-order valence-corrected chi connectivity index (χ0v) is 11.5. The normalized spacial score (nSPS) is 13.6. The lowest BCUT2D eigenvalue weighted by Gasteiger charge is -2.19. The van der Waals surface area contributed by atoms with Gasteiger partial charge in [0.2, 0.25) is 0 Å². The summed E-state index contributed by atoms with van der Waals surface area (Å²) in [5.41, 5.74) is 6.56. The van der Waals surface area contributed by atoms with Crippen LogP contribution in [0.15, 0.2) is 36.4 Å². The van der Waals surface area contributed by atoms with Gasteiger partial charge in [0.15, 0.2) is 0 Å². The molecule has 2 aromatic carbocycles. The van der Waals surface area contributed by atoms with Crippen molar-refractivity contribution in [2.45, 2.75) is 19.8 Å². The predicted molar refractivity (Wildman–Crippen MR) is 80.0 cm³/mol. The Hall–Kier alpha value is -1.96. The molecule has 0 spiro atoms. The summed E-state index contributed by atoms with van der Waals surface area (Å²) in [4.78, 5) is 0. The van der Waals surface area contributed by atoms with Crippen LogP contribution in [0.5, 0.6) is 5.75 Å². The maximum Gasteiger partial charge on any atom is 0.119 e. The number of methoxy groups -OCH3 is 1. The fourth-order valence-corrected chi connectivity index (χ4v) is 2.73. The summed E-state index contributed by atoms with van der Waals surface area (Å²) in [5.74, 6) is 0.917. The third-order valence-electron chi connectivity index (χ3n) is 3.79. The fraction of sp³-hybridized carbons (Fsp3) is 0.294. The molecule has 3 rings (SSSR count). The zero-order valence-electron chi connectivity index (χ0n) is 11.5. The Morgan fingerprint density at radius 3 is 2.79 bits per heavy atom. The highest BCUT2D eigenvalue weighted by Gasteiger charge is 2.10. The molecule has 0 atom stereocenters. The van der Waals surface area contributed by atoms with E-state index in [-0.39, 0.29) is 0 Å². The second-order valence-electron chi connectivity index (χ2n) is 5.08. The summed E-state index contributed by atoms with van der Waals surface area (Å²) >= 11 is 0. The highest BCUT2D eigenvalue weighted by molar-refractivity contribution is 5.72. The van der Waals surface area contributed by atoms with Gasteiger partial charge in [-0.3, -0.25) is 0 Å². The van der Waals surface area contributed by atoms with E-state index in [4.69, 9.17) is 4.74 Å². The van der Waals surface area contributed by atoms with Gasteiger partial charge >= 0.3 is 0 Å². The van der Waals surface area contributed by atoms with Gasteiger partial charge in [-0.15, -0.1) is 0 Å². The van der Waals surface area contributed by atoms with Gasteiger partial charge in [-0.1, -0.05) is 12.1 Å². The van der Waals surface area contributed by atoms with E-state index >= 15 is 0 Å². The highest BCUT2D eigenvalue weighted by atomic mass is 16.5. The van der Waals surface area contributed by atoms with Gasteiger partial charge in [-0.05, 0) is 66.3 Å². The number of hydrogen-bond acceptors (Lipinski definition) is 2. The molecule has 0 radical (unpaired) electrons. The SMILES string of the molecule is COc1ccc(-c2ccc3c(c2)CCCN3)c(C)c1. The second kappa shape index (κ2) is 4.96. The van der Waals surface area contributed by atoms with E-state index < -0.39 is 0 Å². The molecule has 0 saturated carbocycles. The Kier molecular flexibility index (Phi) is 3.16. The lowest BCUT2D eigenvalue weighted by molar-refractivity contribution is 0.414. The monoisotopic (exact) mass is 253 g/mol. The Balaban J connectivity index is 2.02. The van der Waals surface area contributed by atoms with Crippen molar-refractivity contribution in [1.82, 2.24) is 0 Å². The lowest BCUT2D eigenvalue weighted by atomic mass is 9.95. The van der Waals surface area contributed by atoms with E-state index in [9.17, 15) is 0 Å². The average Bonchev–Trinajstić information content (AvgIpc) is 2.46. The van der Waals surface area contributed by atoms with Crippen molar-refractivity contribution in [2.75, 3.05) is 19.0 Å². The minimum atomic E-state index is 0.917. The van der Waals surface area contributed by atoms with Gasteiger partial charge in [0.05, 0.1) is 7.11 Å². The highest BCUT2D eigenvalue weighted by Crippen LogP contribution is 2.31. The molecule has 1 N–H and O–H groups in total. The Morgan fingerprint density at radius 1 is 1.11 bits per heavy atom. The number of anilines is 1. The van der Waals surface area contributed by atoms with Crippen LogP contribution in [0.2, 0.25) is 0 Å². The first-order chi connectivity index (χ1) is 9.28. The summed E-state index contributed by atoms with van der Waals surface area (Å²) in [7, 11) is 1.71. The van der Waals surface area contributed by atoms with Crippen molar-refractivity contribution in [1.29, 1.82) is 0 Å². The van der Waals surface area contributed by atoms with Crippen molar-refractivity contribution < 1.29 is 4.74 Å². The van der Waals surface area contributed by atoms with E-state index in [2.05, 4.69) is 42.6 Å². The Bertz CT molecular complexity index is 604. The van der Waals surface area contributed by atoms with Crippen LogP contribution >= 0.6 is 0 Å². The molecule has 0 aromatic heterocycles. The van der Waals surface area contributed by atoms with Crippen LogP contribution in [0.1, 0.15) is 17.5 Å². The minimum Gasteiger partial charge on any atom is -0.497 e. The molecular weight excluding hydrogens is 234 g/mol. The van der Waals surface area contributed by atoms with Crippen molar-refractivity contribution >= 4 is 5.69 Å². The van der Waals surface area contributed by atoms with Gasteiger partial charge in [-0.25, -0.2) is 0 Å². The molecule has 19 heavy (non-hydrogen) atoms. The van der Waals surface area contributed by atoms with Crippen molar-refractivity contribution in [3.63, 3.8) is 0 Å². The molecule has 98 valence electrons. The van der Waals surface area contributed by atoms with E-state index in [0.29, 0.717) is 0 Å². The van der Waals surface area contributed by atoms with Crippen LogP contribution in [-0.2, 0) is 6.42 Å². The maximum atomic E-state index is 5.27. The topological polar surface area (TPSA) is 21.3 Å². The van der Waals surface area contributed by atoms with Gasteiger partial charge in [0.1, 0.15) is 5.75 Å². The number of aryl methyl sites for hydroxylation is 2. The van der Waals surface area contributed by atoms with Crippen LogP contribution in [0, 0.1) is 6.92 Å². The minimum absolute atomic E-state index is 0.917. The summed E-state index contributed by atoms with van der Waals surface area (Å²) in [6.07, 6.45) is 2.39. The molecule has 0 bridgehead atoms. The van der Waals surface area contributed by atoms with E-state index in [1.807, 2.05) is 6.07 Å². The molecule has 1 aliphatic heterocycles. The maximum absolute atomic E-state index is 5.27. The van der Waals surface area contributed by atoms with Gasteiger partial charge in [0, 0.05) is 12.2 Å². The standard InChI is InChI=1S/C17H19NO/c1-12-10-15(19-2)6-7-16(12)13-5-8-17-14(11-13)4-3-9-18-17/h5-8,10-11,18H,3-4,9H2,1-2H3. The van der Waals surface area contributed by atoms with E-state index in [1.165, 1.54) is 40.8 Å². The van der Waals surface area contributed by atoms with Crippen LogP contribution in [0.25, 0.3) is 11.1 Å². The summed E-state index contributed by atoms with van der Waals surface area (Å²) in [6, 6.07) is 13.0. The first-order valence-electron chi connectivity index (χ1n) is 6.80. The Labute approximate surface area is 114 Å². The molecular formula is C17H19NO. The largest absolute Gasteiger partial charge is 0.497 e.